The number of hydrogen-bond donors (Lipinski definition) is 0. The summed E-state index contributed by atoms with van der Waals surface area (Å²) in [5, 5.41) is 2.10. The summed E-state index contributed by atoms with van der Waals surface area (Å²) in [6, 6.07) is 25.1. The highest BCUT2D eigenvalue weighted by atomic mass is 32.2. The molecule has 0 bridgehead atoms. The molecule has 0 aliphatic carbocycles. The molecule has 0 fully saturated rings. The van der Waals surface area contributed by atoms with Crippen molar-refractivity contribution in [3.05, 3.63) is 96.1 Å². The van der Waals surface area contributed by atoms with E-state index in [4.69, 9.17) is 9.47 Å². The van der Waals surface area contributed by atoms with Crippen molar-refractivity contribution in [3.8, 4) is 11.5 Å². The van der Waals surface area contributed by atoms with E-state index < -0.39 is 16.0 Å². The lowest BCUT2D eigenvalue weighted by molar-refractivity contribution is -0.136. The number of rotatable bonds is 7. The molecule has 0 amide bonds. The molecule has 0 N–H and O–H groups in total. The number of anilines is 1. The van der Waals surface area contributed by atoms with Gasteiger partial charge in [-0.15, -0.1) is 0 Å². The predicted molar refractivity (Wildman–Crippen MR) is 133 cm³/mol. The van der Waals surface area contributed by atoms with Crippen LogP contribution in [-0.2, 0) is 14.8 Å². The molecule has 4 aromatic carbocycles. The fraction of sp³-hybridized carbons (Fsp3) is 0.148. The highest BCUT2D eigenvalue weighted by Crippen LogP contribution is 2.27. The van der Waals surface area contributed by atoms with Gasteiger partial charge in [0, 0.05) is 7.05 Å². The predicted octanol–water partition coefficient (Wildman–Crippen LogP) is 5.27. The maximum atomic E-state index is 13.1. The Morgan fingerprint density at radius 1 is 0.824 bits per heavy atom. The first kappa shape index (κ1) is 23.3. The zero-order valence-electron chi connectivity index (χ0n) is 19.2. The molecule has 0 heterocycles. The van der Waals surface area contributed by atoms with Crippen LogP contribution >= 0.6 is 0 Å². The Morgan fingerprint density at radius 2 is 1.50 bits per heavy atom. The van der Waals surface area contributed by atoms with Crippen LogP contribution in [0.4, 0.5) is 5.69 Å². The molecule has 0 aromatic heterocycles. The summed E-state index contributed by atoms with van der Waals surface area (Å²) < 4.78 is 38.3. The number of fused-ring (bicyclic) bond motifs is 1. The van der Waals surface area contributed by atoms with Crippen molar-refractivity contribution in [2.45, 2.75) is 18.7 Å². The van der Waals surface area contributed by atoms with Gasteiger partial charge in [0.25, 0.3) is 10.0 Å². The smallest absolute Gasteiger partial charge is 0.349 e. The average molecular weight is 476 g/mol. The van der Waals surface area contributed by atoms with Gasteiger partial charge in [0.2, 0.25) is 0 Å². The Labute approximate surface area is 199 Å². The van der Waals surface area contributed by atoms with Crippen LogP contribution < -0.4 is 13.8 Å². The maximum absolute atomic E-state index is 13.1. The SMILES string of the molecule is Cc1ccc(C)c(S(=O)(=O)N(C)c2ccc(OC(=O)COc3ccc4ccccc4c3)cc2)c1. The minimum atomic E-state index is -3.73. The minimum absolute atomic E-state index is 0.249. The molecular weight excluding hydrogens is 450 g/mol. The molecule has 0 atom stereocenters. The van der Waals surface area contributed by atoms with Gasteiger partial charge in [0.1, 0.15) is 11.5 Å². The number of carbonyl (C=O) groups excluding carboxylic acids is 1. The second-order valence-electron chi connectivity index (χ2n) is 8.01. The lowest BCUT2D eigenvalue weighted by Gasteiger charge is -2.21. The summed E-state index contributed by atoms with van der Waals surface area (Å²) in [6.07, 6.45) is 0. The number of nitrogens with zero attached hydrogens (tertiary/aromatic N) is 1. The average Bonchev–Trinajstić information content (AvgIpc) is 2.84. The molecule has 0 radical (unpaired) electrons. The van der Waals surface area contributed by atoms with Crippen LogP contribution in [0, 0.1) is 13.8 Å². The fourth-order valence-corrected chi connectivity index (χ4v) is 5.06. The van der Waals surface area contributed by atoms with Crippen molar-refractivity contribution in [1.82, 2.24) is 0 Å². The third kappa shape index (κ3) is 5.05. The van der Waals surface area contributed by atoms with Gasteiger partial charge in [-0.3, -0.25) is 4.31 Å². The van der Waals surface area contributed by atoms with E-state index in [9.17, 15) is 13.2 Å². The third-order valence-corrected chi connectivity index (χ3v) is 7.42. The zero-order valence-corrected chi connectivity index (χ0v) is 20.0. The lowest BCUT2D eigenvalue weighted by Crippen LogP contribution is -2.27. The van der Waals surface area contributed by atoms with E-state index >= 15 is 0 Å². The molecule has 0 aliphatic heterocycles. The van der Waals surface area contributed by atoms with Crippen molar-refractivity contribution in [1.29, 1.82) is 0 Å². The molecule has 0 saturated carbocycles. The van der Waals surface area contributed by atoms with E-state index in [0.29, 0.717) is 22.7 Å². The topological polar surface area (TPSA) is 72.9 Å². The van der Waals surface area contributed by atoms with E-state index in [1.165, 1.54) is 11.4 Å². The number of ether oxygens (including phenoxy) is 2. The molecule has 0 saturated heterocycles. The normalized spacial score (nSPS) is 11.3. The van der Waals surface area contributed by atoms with Gasteiger partial charge in [-0.25, -0.2) is 13.2 Å². The first-order chi connectivity index (χ1) is 16.2. The maximum Gasteiger partial charge on any atom is 0.349 e. The van der Waals surface area contributed by atoms with E-state index in [-0.39, 0.29) is 11.5 Å². The quantitative estimate of drug-likeness (QED) is 0.269. The first-order valence-electron chi connectivity index (χ1n) is 10.7. The molecule has 4 aromatic rings. The largest absolute Gasteiger partial charge is 0.482 e. The van der Waals surface area contributed by atoms with Crippen LogP contribution in [0.25, 0.3) is 10.8 Å². The Balaban J connectivity index is 1.39. The van der Waals surface area contributed by atoms with Crippen LogP contribution in [0.15, 0.2) is 89.8 Å². The molecular formula is C27H25NO5S. The van der Waals surface area contributed by atoms with Gasteiger partial charge in [-0.1, -0.05) is 42.5 Å². The molecule has 0 aliphatic rings. The van der Waals surface area contributed by atoms with Crippen molar-refractivity contribution in [3.63, 3.8) is 0 Å². The first-order valence-corrected chi connectivity index (χ1v) is 12.2. The molecule has 4 rings (SSSR count). The Morgan fingerprint density at radius 3 is 2.24 bits per heavy atom. The van der Waals surface area contributed by atoms with Crippen molar-refractivity contribution < 1.29 is 22.7 Å². The molecule has 6 nitrogen and oxygen atoms in total. The van der Waals surface area contributed by atoms with Gasteiger partial charge in [-0.05, 0) is 78.2 Å². The molecule has 34 heavy (non-hydrogen) atoms. The fourth-order valence-electron chi connectivity index (χ4n) is 3.56. The summed E-state index contributed by atoms with van der Waals surface area (Å²) >= 11 is 0. The van der Waals surface area contributed by atoms with Crippen molar-refractivity contribution in [2.24, 2.45) is 0 Å². The van der Waals surface area contributed by atoms with Crippen LogP contribution in [0.5, 0.6) is 11.5 Å². The van der Waals surface area contributed by atoms with Crippen LogP contribution in [0.1, 0.15) is 11.1 Å². The standard InChI is InChI=1S/C27H25NO5S/c1-19-8-9-20(2)26(16-19)34(30,31)28(3)23-11-14-24(15-12-23)33-27(29)18-32-25-13-10-21-6-4-5-7-22(21)17-25/h4-17H,18H2,1-3H3. The van der Waals surface area contributed by atoms with Gasteiger partial charge in [0.15, 0.2) is 6.61 Å². The van der Waals surface area contributed by atoms with E-state index in [0.717, 1.165) is 16.3 Å². The highest BCUT2D eigenvalue weighted by molar-refractivity contribution is 7.92. The number of sulfonamides is 1. The number of benzene rings is 4. The van der Waals surface area contributed by atoms with E-state index in [1.807, 2.05) is 49.4 Å². The second kappa shape index (κ2) is 9.57. The van der Waals surface area contributed by atoms with Gasteiger partial charge < -0.3 is 9.47 Å². The number of esters is 1. The molecule has 0 unspecified atom stereocenters. The Hall–Kier alpha value is -3.84. The minimum Gasteiger partial charge on any atom is -0.482 e. The summed E-state index contributed by atoms with van der Waals surface area (Å²) in [5.74, 6) is 0.315. The summed E-state index contributed by atoms with van der Waals surface area (Å²) in [5.41, 5.74) is 1.99. The highest BCUT2D eigenvalue weighted by Gasteiger charge is 2.23. The zero-order chi connectivity index (χ0) is 24.3. The van der Waals surface area contributed by atoms with E-state index in [2.05, 4.69) is 0 Å². The van der Waals surface area contributed by atoms with Crippen LogP contribution in [-0.4, -0.2) is 28.0 Å². The summed E-state index contributed by atoms with van der Waals surface area (Å²) in [6.45, 7) is 3.37. The third-order valence-electron chi connectivity index (χ3n) is 5.49. The van der Waals surface area contributed by atoms with Crippen LogP contribution in [0.3, 0.4) is 0 Å². The van der Waals surface area contributed by atoms with Gasteiger partial charge >= 0.3 is 5.97 Å². The lowest BCUT2D eigenvalue weighted by atomic mass is 10.1. The van der Waals surface area contributed by atoms with Crippen molar-refractivity contribution >= 4 is 32.5 Å². The monoisotopic (exact) mass is 475 g/mol. The summed E-state index contributed by atoms with van der Waals surface area (Å²) in [4.78, 5) is 12.5. The molecule has 7 heteroatoms. The number of hydrogen-bond acceptors (Lipinski definition) is 5. The summed E-state index contributed by atoms with van der Waals surface area (Å²) in [7, 11) is -2.23. The molecule has 0 spiro atoms. The molecule has 174 valence electrons. The Kier molecular flexibility index (Phi) is 6.56. The Bertz CT molecular complexity index is 1450. The van der Waals surface area contributed by atoms with E-state index in [1.54, 1.807) is 49.4 Å². The van der Waals surface area contributed by atoms with Crippen molar-refractivity contribution in [2.75, 3.05) is 18.0 Å². The van der Waals surface area contributed by atoms with Crippen LogP contribution in [0.2, 0.25) is 0 Å². The van der Waals surface area contributed by atoms with Gasteiger partial charge in [-0.2, -0.15) is 0 Å². The van der Waals surface area contributed by atoms with Gasteiger partial charge in [0.05, 0.1) is 10.6 Å². The number of aryl methyl sites for hydroxylation is 2. The second-order valence-corrected chi connectivity index (χ2v) is 9.94. The number of carbonyl (C=O) groups is 1.